The van der Waals surface area contributed by atoms with Gasteiger partial charge in [0.2, 0.25) is 0 Å². The van der Waals surface area contributed by atoms with Crippen LogP contribution in [0, 0.1) is 23.7 Å². The van der Waals surface area contributed by atoms with Crippen molar-refractivity contribution in [2.45, 2.75) is 7.43 Å². The van der Waals surface area contributed by atoms with E-state index in [2.05, 4.69) is 379 Å². The average Bonchev–Trinajstić information content (AvgIpc) is 0.718. The summed E-state index contributed by atoms with van der Waals surface area (Å²) in [6.07, 6.45) is 0. The summed E-state index contributed by atoms with van der Waals surface area (Å²) < 4.78 is 6.03. The predicted molar refractivity (Wildman–Crippen MR) is 504 cm³/mol. The summed E-state index contributed by atoms with van der Waals surface area (Å²) in [4.78, 5) is 0. The predicted octanol–water partition coefficient (Wildman–Crippen LogP) is 30.3. The number of benzene rings is 22. The third-order valence-corrected chi connectivity index (χ3v) is 23.2. The molecule has 22 rings (SSSR count). The molecule has 117 heavy (non-hydrogen) atoms. The lowest BCUT2D eigenvalue weighted by atomic mass is 9.81. The average molecular weight is 1550 g/mol. The summed E-state index contributed by atoms with van der Waals surface area (Å²) >= 11 is 3.85. The Kier molecular flexibility index (Phi) is 19.7. The van der Waals surface area contributed by atoms with Crippen LogP contribution in [-0.4, -0.2) is 12.7 Å². The Balaban J connectivity index is 0.000000132. The van der Waals surface area contributed by atoms with Gasteiger partial charge < -0.3 is 9.68 Å². The van der Waals surface area contributed by atoms with Crippen molar-refractivity contribution in [3.8, 4) is 85.1 Å². The van der Waals surface area contributed by atoms with Gasteiger partial charge in [0.15, 0.2) is 0 Å². The van der Waals surface area contributed by atoms with Gasteiger partial charge in [-0.25, -0.2) is 0 Å². The second kappa shape index (κ2) is 31.7. The third kappa shape index (κ3) is 13.5. The zero-order valence-corrected chi connectivity index (χ0v) is 64.7. The maximum Gasteiger partial charge on any atom is 0.569 e. The molecule has 0 aliphatic heterocycles. The van der Waals surface area contributed by atoms with Crippen LogP contribution in [-0.2, 0) is 0 Å². The van der Waals surface area contributed by atoms with Crippen LogP contribution in [0.1, 0.15) is 29.7 Å². The van der Waals surface area contributed by atoms with Gasteiger partial charge in [-0.05, 0) is 270 Å². The van der Waals surface area contributed by atoms with Crippen molar-refractivity contribution in [2.24, 2.45) is 0 Å². The van der Waals surface area contributed by atoms with Gasteiger partial charge in [0, 0.05) is 21.2 Å². The number of halogens is 1. The van der Waals surface area contributed by atoms with E-state index in [-0.39, 0.29) is 7.43 Å². The summed E-state index contributed by atoms with van der Waals surface area (Å²) in [7, 11) is 0.656. The maximum atomic E-state index is 8.63. The smallest absolute Gasteiger partial charge is 0.537 e. The van der Waals surface area contributed by atoms with Crippen LogP contribution >= 0.6 is 15.9 Å². The van der Waals surface area contributed by atoms with E-state index in [0.717, 1.165) is 37.9 Å². The molecule has 0 amide bonds. The van der Waals surface area contributed by atoms with E-state index in [1.807, 2.05) is 66.7 Å². The molecule has 22 aromatic rings. The number of para-hydroxylation sites is 1. The first-order chi connectivity index (χ1) is 57.5. The van der Waals surface area contributed by atoms with Gasteiger partial charge in [0.25, 0.3) is 0 Å². The minimum atomic E-state index is 0. The number of fused-ring (bicyclic) bond motifs is 16. The van der Waals surface area contributed by atoms with E-state index in [1.165, 1.54) is 174 Å². The maximum absolute atomic E-state index is 8.63. The molecule has 4 heteroatoms. The lowest BCUT2D eigenvalue weighted by molar-refractivity contribution is 0.453. The van der Waals surface area contributed by atoms with Crippen molar-refractivity contribution in [3.05, 3.63) is 439 Å². The molecular weight excluding hydrogens is 1480 g/mol. The number of hydrogen-bond acceptors (Lipinski definition) is 2. The van der Waals surface area contributed by atoms with Crippen molar-refractivity contribution >= 4 is 153 Å². The summed E-state index contributed by atoms with van der Waals surface area (Å²) in [5.74, 6) is 13.5. The second-order valence-corrected chi connectivity index (χ2v) is 30.2. The molecule has 2 nitrogen and oxygen atoms in total. The lowest BCUT2D eigenvalue weighted by Crippen LogP contribution is -2.01. The molecule has 1 radical (unpaired) electrons. The Labute approximate surface area is 689 Å². The monoisotopic (exact) mass is 1550 g/mol. The van der Waals surface area contributed by atoms with Crippen LogP contribution in [0.3, 0.4) is 0 Å². The van der Waals surface area contributed by atoms with Crippen LogP contribution < -0.4 is 4.65 Å². The molecule has 0 saturated carbocycles. The molecule has 0 bridgehead atoms. The molecule has 0 aliphatic carbocycles. The van der Waals surface area contributed by atoms with Gasteiger partial charge in [-0.2, -0.15) is 0 Å². The van der Waals surface area contributed by atoms with Crippen LogP contribution in [0.15, 0.2) is 417 Å². The van der Waals surface area contributed by atoms with E-state index in [1.54, 1.807) is 6.07 Å². The van der Waals surface area contributed by atoms with Crippen molar-refractivity contribution in [2.75, 3.05) is 0 Å². The number of rotatable bonds is 7. The molecule has 547 valence electrons. The van der Waals surface area contributed by atoms with E-state index < -0.39 is 0 Å². The molecule has 0 aromatic heterocycles. The molecule has 0 unspecified atom stereocenters. The first-order valence-electron chi connectivity index (χ1n) is 39.2. The molecule has 0 fully saturated rings. The Bertz CT molecular complexity index is 7820. The molecule has 0 atom stereocenters. The highest BCUT2D eigenvalue weighted by Crippen LogP contribution is 2.52. The number of hydrogen-bond donors (Lipinski definition) is 1. The summed E-state index contributed by atoms with van der Waals surface area (Å²) in [5.41, 5.74) is 16.1. The van der Waals surface area contributed by atoms with Crippen molar-refractivity contribution in [3.63, 3.8) is 0 Å². The topological polar surface area (TPSA) is 29.5 Å². The van der Waals surface area contributed by atoms with Gasteiger partial charge >= 0.3 is 7.69 Å². The fourth-order valence-electron chi connectivity index (χ4n) is 17.6. The minimum Gasteiger partial charge on any atom is -0.537 e. The first kappa shape index (κ1) is 72.6. The van der Waals surface area contributed by atoms with E-state index >= 15 is 0 Å². The van der Waals surface area contributed by atoms with Gasteiger partial charge in [-0.1, -0.05) is 375 Å². The van der Waals surface area contributed by atoms with Gasteiger partial charge in [-0.3, -0.25) is 0 Å². The van der Waals surface area contributed by atoms with Crippen LogP contribution in [0.4, 0.5) is 0 Å². The summed E-state index contributed by atoms with van der Waals surface area (Å²) in [5, 5.41) is 38.9. The standard InChI is InChI=1S/C56H34.C42H25Br.C14H10BO2.CH4/c1-2-16-37(17-3-1)30-31-38-18-4-7-21-42(38)41-32-33-51-54(36-41)56(53-35-40-20-6-9-23-44(40)46-25-11-13-27-48(46)53)50-29-15-14-28-49(50)55(51)52-34-39-19-5-8-22-43(39)45-24-10-12-26-47(45)52;43-28-21-22-37-40(25-28)42(39-24-27-12-2-4-14-30(27)32-16-6-8-18-34(32)39)36-20-10-9-19-35(36)41(37)38-23-26-11-1-3-13-29(26)31-15-5-7-17-33(31)38;16-15-17-14-9-5-4-8-13(14)11-10-12-6-2-1-3-7-12;/h1-29,32-36H;1-25H;1-9,16H;1H4. The zero-order valence-electron chi connectivity index (χ0n) is 63.1. The highest BCUT2D eigenvalue weighted by atomic mass is 79.9. The van der Waals surface area contributed by atoms with Gasteiger partial charge in [-0.15, -0.1) is 0 Å². The highest BCUT2D eigenvalue weighted by Gasteiger charge is 2.25. The Hall–Kier alpha value is -14.6. The lowest BCUT2D eigenvalue weighted by Gasteiger charge is -2.21. The fraction of sp³-hybridized carbons (Fsp3) is 0.00885. The first-order valence-corrected chi connectivity index (χ1v) is 40.0. The van der Waals surface area contributed by atoms with E-state index in [0.29, 0.717) is 13.4 Å². The van der Waals surface area contributed by atoms with Crippen LogP contribution in [0.5, 0.6) is 5.75 Å². The Morgan fingerprint density at radius 1 is 0.214 bits per heavy atom. The van der Waals surface area contributed by atoms with Crippen LogP contribution in [0.25, 0.3) is 185 Å². The molecule has 0 heterocycles. The van der Waals surface area contributed by atoms with E-state index in [4.69, 9.17) is 9.68 Å². The normalized spacial score (nSPS) is 11.1. The molecule has 0 aliphatic rings. The molecule has 1 N–H and O–H groups in total. The highest BCUT2D eigenvalue weighted by molar-refractivity contribution is 9.10. The second-order valence-electron chi connectivity index (χ2n) is 29.3. The largest absolute Gasteiger partial charge is 0.569 e. The van der Waals surface area contributed by atoms with Crippen molar-refractivity contribution in [1.82, 2.24) is 0 Å². The van der Waals surface area contributed by atoms with E-state index in [9.17, 15) is 0 Å². The summed E-state index contributed by atoms with van der Waals surface area (Å²) in [6.45, 7) is 0. The van der Waals surface area contributed by atoms with Gasteiger partial charge in [0.1, 0.15) is 5.75 Å². The zero-order chi connectivity index (χ0) is 77.4. The molecule has 22 aromatic carbocycles. The molecule has 0 spiro atoms. The Morgan fingerprint density at radius 2 is 0.496 bits per heavy atom. The molecular formula is C113H73BBrO2. The van der Waals surface area contributed by atoms with Gasteiger partial charge in [0.05, 0.1) is 5.56 Å². The third-order valence-electron chi connectivity index (χ3n) is 22.7. The minimum absolute atomic E-state index is 0. The van der Waals surface area contributed by atoms with Crippen LogP contribution in [0.2, 0.25) is 0 Å². The molecule has 0 saturated heterocycles. The van der Waals surface area contributed by atoms with Crippen molar-refractivity contribution < 1.29 is 9.68 Å². The summed E-state index contributed by atoms with van der Waals surface area (Å²) in [6, 6.07) is 148. The van der Waals surface area contributed by atoms with Crippen molar-refractivity contribution in [1.29, 1.82) is 0 Å². The SMILES string of the molecule is Brc1ccc2c(-c3cc4ccccc4c4ccccc34)c3ccccc3c(-c3cc4ccccc4c4ccccc34)c2c1.C.C(#Cc1ccccc1-c1ccc2c(-c3cc4ccccc4c4ccccc34)c3ccccc3c(-c3cc4ccccc4c4ccccc34)c2c1)c1ccccc1.O[B]Oc1ccccc1C#Cc1ccccc1. The quantitative estimate of drug-likeness (QED) is 0.0746. The fourth-order valence-corrected chi connectivity index (χ4v) is 18.0. The Morgan fingerprint density at radius 3 is 0.889 bits per heavy atom.